The van der Waals surface area contributed by atoms with Crippen molar-refractivity contribution >= 4 is 52.2 Å². The van der Waals surface area contributed by atoms with Crippen LogP contribution >= 0.6 is 22.6 Å². The smallest absolute Gasteiger partial charge is 0.335 e. The number of imide groups is 2. The van der Waals surface area contributed by atoms with E-state index in [0.717, 1.165) is 16.0 Å². The highest BCUT2D eigenvalue weighted by molar-refractivity contribution is 14.1. The molecule has 3 aromatic carbocycles. The van der Waals surface area contributed by atoms with Crippen LogP contribution in [0, 0.1) is 21.8 Å². The van der Waals surface area contributed by atoms with Crippen molar-refractivity contribution in [1.29, 1.82) is 5.26 Å². The first-order valence-corrected chi connectivity index (χ1v) is 11.9. The van der Waals surface area contributed by atoms with E-state index >= 15 is 0 Å². The van der Waals surface area contributed by atoms with Crippen molar-refractivity contribution in [3.05, 3.63) is 92.1 Å². The maximum Gasteiger partial charge on any atom is 0.335 e. The maximum atomic E-state index is 13.2. The summed E-state index contributed by atoms with van der Waals surface area (Å²) >= 11 is 2.07. The van der Waals surface area contributed by atoms with E-state index in [9.17, 15) is 19.6 Å². The third-order valence-corrected chi connectivity index (χ3v) is 6.24. The molecule has 0 radical (unpaired) electrons. The molecule has 0 atom stereocenters. The molecule has 0 aliphatic carbocycles. The van der Waals surface area contributed by atoms with Gasteiger partial charge < -0.3 is 9.47 Å². The summed E-state index contributed by atoms with van der Waals surface area (Å²) in [6, 6.07) is 18.7. The van der Waals surface area contributed by atoms with Gasteiger partial charge in [-0.25, -0.2) is 9.69 Å². The molecule has 1 heterocycles. The summed E-state index contributed by atoms with van der Waals surface area (Å²) in [6.45, 7) is 2.00. The van der Waals surface area contributed by atoms with Gasteiger partial charge in [0.25, 0.3) is 11.8 Å². The molecule has 1 saturated heterocycles. The number of ether oxygens (including phenoxy) is 2. The predicted octanol–water partition coefficient (Wildman–Crippen LogP) is 4.73. The van der Waals surface area contributed by atoms with Crippen molar-refractivity contribution in [2.45, 2.75) is 13.5 Å². The zero-order valence-electron chi connectivity index (χ0n) is 19.4. The lowest BCUT2D eigenvalue weighted by Gasteiger charge is -2.26. The summed E-state index contributed by atoms with van der Waals surface area (Å²) < 4.78 is 12.1. The fraction of sp³-hybridized carbons (Fsp3) is 0.111. The number of benzene rings is 3. The number of rotatable bonds is 6. The van der Waals surface area contributed by atoms with Crippen LogP contribution in [0.1, 0.15) is 22.3 Å². The number of anilines is 1. The Balaban J connectivity index is 1.65. The second kappa shape index (κ2) is 10.6. The average Bonchev–Trinajstić information content (AvgIpc) is 2.85. The van der Waals surface area contributed by atoms with Crippen LogP contribution in [-0.4, -0.2) is 25.0 Å². The number of urea groups is 1. The van der Waals surface area contributed by atoms with E-state index in [1.54, 1.807) is 42.5 Å². The molecule has 9 heteroatoms. The van der Waals surface area contributed by atoms with Crippen molar-refractivity contribution in [1.82, 2.24) is 5.32 Å². The number of nitriles is 1. The number of nitrogens with zero attached hydrogens (tertiary/aromatic N) is 2. The molecule has 4 rings (SSSR count). The molecule has 36 heavy (non-hydrogen) atoms. The monoisotopic (exact) mass is 593 g/mol. The van der Waals surface area contributed by atoms with Crippen LogP contribution in [-0.2, 0) is 16.2 Å². The van der Waals surface area contributed by atoms with E-state index in [4.69, 9.17) is 9.47 Å². The minimum atomic E-state index is -0.804. The number of aryl methyl sites for hydroxylation is 1. The molecule has 0 saturated carbocycles. The zero-order chi connectivity index (χ0) is 25.8. The molecule has 0 bridgehead atoms. The van der Waals surface area contributed by atoms with Gasteiger partial charge in [0.05, 0.1) is 28.0 Å². The van der Waals surface area contributed by atoms with E-state index in [-0.39, 0.29) is 12.2 Å². The zero-order valence-corrected chi connectivity index (χ0v) is 21.5. The lowest BCUT2D eigenvalue weighted by atomic mass is 10.1. The first-order valence-electron chi connectivity index (χ1n) is 10.8. The first kappa shape index (κ1) is 24.9. The number of halogens is 1. The van der Waals surface area contributed by atoms with Gasteiger partial charge in [0.2, 0.25) is 0 Å². The van der Waals surface area contributed by atoms with Crippen LogP contribution in [0.15, 0.2) is 66.2 Å². The Morgan fingerprint density at radius 1 is 1.08 bits per heavy atom. The van der Waals surface area contributed by atoms with Crippen LogP contribution in [0.3, 0.4) is 0 Å². The molecule has 0 unspecified atom stereocenters. The standard InChI is InChI=1S/C27H20IN3O5/c1-16-6-5-9-20(10-16)31-26(33)21(25(32)30-27(31)34)11-17-12-22(28)24(23(13-17)35-2)36-15-19-8-4-3-7-18(19)14-29/h3-13H,15H2,1-2H3,(H,30,32,34)/b21-11+. The van der Waals surface area contributed by atoms with Crippen molar-refractivity contribution in [3.8, 4) is 17.6 Å². The van der Waals surface area contributed by atoms with Gasteiger partial charge >= 0.3 is 6.03 Å². The molecule has 0 spiro atoms. The summed E-state index contributed by atoms with van der Waals surface area (Å²) in [6.07, 6.45) is 1.41. The molecule has 0 aromatic heterocycles. The largest absolute Gasteiger partial charge is 0.493 e. The lowest BCUT2D eigenvalue weighted by Crippen LogP contribution is -2.54. The third-order valence-electron chi connectivity index (χ3n) is 5.43. The number of amides is 4. The van der Waals surface area contributed by atoms with Crippen molar-refractivity contribution in [2.24, 2.45) is 0 Å². The Labute approximate surface area is 221 Å². The first-order chi connectivity index (χ1) is 17.3. The Hall–Kier alpha value is -4.17. The van der Waals surface area contributed by atoms with Crippen LogP contribution in [0.25, 0.3) is 6.08 Å². The highest BCUT2D eigenvalue weighted by Gasteiger charge is 2.36. The SMILES string of the molecule is COc1cc(/C=C2\C(=O)NC(=O)N(c3cccc(C)c3)C2=O)cc(I)c1OCc1ccccc1C#N. The van der Waals surface area contributed by atoms with Crippen molar-refractivity contribution in [3.63, 3.8) is 0 Å². The predicted molar refractivity (Wildman–Crippen MR) is 141 cm³/mol. The van der Waals surface area contributed by atoms with Gasteiger partial charge in [0, 0.05) is 5.56 Å². The molecule has 1 aliphatic rings. The fourth-order valence-electron chi connectivity index (χ4n) is 3.69. The number of hydrogen-bond acceptors (Lipinski definition) is 6. The van der Waals surface area contributed by atoms with Gasteiger partial charge in [-0.3, -0.25) is 14.9 Å². The molecular weight excluding hydrogens is 573 g/mol. The summed E-state index contributed by atoms with van der Waals surface area (Å²) in [7, 11) is 1.48. The quantitative estimate of drug-likeness (QED) is 0.252. The van der Waals surface area contributed by atoms with E-state index in [1.807, 2.05) is 25.1 Å². The van der Waals surface area contributed by atoms with E-state index in [2.05, 4.69) is 34.0 Å². The van der Waals surface area contributed by atoms with Gasteiger partial charge in [-0.15, -0.1) is 0 Å². The number of carbonyl (C=O) groups is 3. The number of carbonyl (C=O) groups excluding carboxylic acids is 3. The van der Waals surface area contributed by atoms with E-state index in [0.29, 0.717) is 31.9 Å². The number of hydrogen-bond donors (Lipinski definition) is 1. The summed E-state index contributed by atoms with van der Waals surface area (Å²) in [5.74, 6) is -0.657. The van der Waals surface area contributed by atoms with Crippen LogP contribution in [0.2, 0.25) is 0 Å². The molecule has 1 N–H and O–H groups in total. The summed E-state index contributed by atoms with van der Waals surface area (Å²) in [4.78, 5) is 39.1. The molecule has 1 aliphatic heterocycles. The summed E-state index contributed by atoms with van der Waals surface area (Å²) in [5, 5.41) is 11.5. The Kier molecular flexibility index (Phi) is 7.36. The second-order valence-corrected chi connectivity index (χ2v) is 9.05. The highest BCUT2D eigenvalue weighted by atomic mass is 127. The second-order valence-electron chi connectivity index (χ2n) is 7.89. The van der Waals surface area contributed by atoms with Gasteiger partial charge in [-0.05, 0) is 77.0 Å². The number of barbiturate groups is 1. The Morgan fingerprint density at radius 3 is 2.58 bits per heavy atom. The van der Waals surface area contributed by atoms with Crippen LogP contribution in [0.5, 0.6) is 11.5 Å². The number of methoxy groups -OCH3 is 1. The molecule has 8 nitrogen and oxygen atoms in total. The highest BCUT2D eigenvalue weighted by Crippen LogP contribution is 2.36. The third kappa shape index (κ3) is 5.08. The lowest BCUT2D eigenvalue weighted by molar-refractivity contribution is -0.122. The number of nitrogens with one attached hydrogen (secondary N) is 1. The van der Waals surface area contributed by atoms with Crippen molar-refractivity contribution < 1.29 is 23.9 Å². The van der Waals surface area contributed by atoms with Crippen LogP contribution in [0.4, 0.5) is 10.5 Å². The van der Waals surface area contributed by atoms with Gasteiger partial charge in [0.15, 0.2) is 11.5 Å². The molecule has 1 fully saturated rings. The normalized spacial score (nSPS) is 14.4. The Bertz CT molecular complexity index is 1460. The minimum absolute atomic E-state index is 0.158. The van der Waals surface area contributed by atoms with Gasteiger partial charge in [0.1, 0.15) is 12.2 Å². The van der Waals surface area contributed by atoms with Crippen LogP contribution < -0.4 is 19.7 Å². The van der Waals surface area contributed by atoms with Gasteiger partial charge in [-0.2, -0.15) is 5.26 Å². The molecule has 4 amide bonds. The average molecular weight is 593 g/mol. The van der Waals surface area contributed by atoms with Gasteiger partial charge in [-0.1, -0.05) is 30.3 Å². The fourth-order valence-corrected chi connectivity index (χ4v) is 4.48. The molecule has 3 aromatic rings. The topological polar surface area (TPSA) is 109 Å². The minimum Gasteiger partial charge on any atom is -0.493 e. The maximum absolute atomic E-state index is 13.2. The van der Waals surface area contributed by atoms with Crippen molar-refractivity contribution in [2.75, 3.05) is 12.0 Å². The molecular formula is C27H20IN3O5. The molecule has 180 valence electrons. The van der Waals surface area contributed by atoms with E-state index in [1.165, 1.54) is 13.2 Å². The van der Waals surface area contributed by atoms with E-state index < -0.39 is 17.8 Å². The summed E-state index contributed by atoms with van der Waals surface area (Å²) in [5.41, 5.74) is 2.80. The Morgan fingerprint density at radius 2 is 1.86 bits per heavy atom.